The monoisotopic (exact) mass is 292 g/mol. The van der Waals surface area contributed by atoms with Crippen molar-refractivity contribution in [2.45, 2.75) is 26.7 Å². The van der Waals surface area contributed by atoms with Crippen molar-refractivity contribution in [1.29, 1.82) is 0 Å². The lowest BCUT2D eigenvalue weighted by Gasteiger charge is -2.16. The average Bonchev–Trinajstić information content (AvgIpc) is 2.41. The van der Waals surface area contributed by atoms with Crippen molar-refractivity contribution >= 4 is 24.0 Å². The minimum atomic E-state index is -2.93. The Bertz CT molecular complexity index is 522. The number of hydrogen-bond donors (Lipinski definition) is 0. The van der Waals surface area contributed by atoms with Gasteiger partial charge in [-0.25, -0.2) is 0 Å². The zero-order chi connectivity index (χ0) is 14.8. The predicted molar refractivity (Wildman–Crippen MR) is 81.0 cm³/mol. The van der Waals surface area contributed by atoms with Gasteiger partial charge < -0.3 is 4.57 Å². The highest BCUT2D eigenvalue weighted by molar-refractivity contribution is 7.73. The predicted octanol–water partition coefficient (Wildman–Crippen LogP) is 2.88. The van der Waals surface area contributed by atoms with E-state index in [0.717, 1.165) is 0 Å². The van der Waals surface area contributed by atoms with Gasteiger partial charge in [-0.3, -0.25) is 9.59 Å². The maximum atomic E-state index is 13.2. The van der Waals surface area contributed by atoms with E-state index in [-0.39, 0.29) is 35.7 Å². The molecule has 0 N–H and O–H groups in total. The van der Waals surface area contributed by atoms with Crippen molar-refractivity contribution in [2.24, 2.45) is 11.8 Å². The standard InChI is InChI=1S/C16H21O3P/c1-12-8-14(17)10-20(19,11-15(18)9-13(12)2)16-6-4-3-5-7-16/h3-7,12-13H,8-11H2,1-2H3/t12-,13+,20?. The minimum absolute atomic E-state index is 0.0197. The van der Waals surface area contributed by atoms with Gasteiger partial charge in [-0.2, -0.15) is 0 Å². The van der Waals surface area contributed by atoms with Crippen LogP contribution in [0.2, 0.25) is 0 Å². The maximum Gasteiger partial charge on any atom is 0.140 e. The molecule has 1 fully saturated rings. The first-order valence-electron chi connectivity index (χ1n) is 7.08. The van der Waals surface area contributed by atoms with Crippen LogP contribution in [0.4, 0.5) is 0 Å². The molecule has 0 aromatic heterocycles. The Balaban J connectivity index is 2.35. The van der Waals surface area contributed by atoms with Gasteiger partial charge in [0.2, 0.25) is 0 Å². The van der Waals surface area contributed by atoms with Gasteiger partial charge in [0, 0.05) is 18.1 Å². The SMILES string of the molecule is C[C@@H]1CC(=O)CP(=O)(c2ccccc2)CC(=O)C[C@@H]1C. The lowest BCUT2D eigenvalue weighted by Crippen LogP contribution is -2.19. The normalized spacial score (nSPS) is 32.3. The Morgan fingerprint density at radius 1 is 0.900 bits per heavy atom. The Kier molecular flexibility index (Phi) is 4.59. The van der Waals surface area contributed by atoms with Crippen LogP contribution in [0.5, 0.6) is 0 Å². The summed E-state index contributed by atoms with van der Waals surface area (Å²) in [6, 6.07) is 9.00. The molecule has 1 aromatic carbocycles. The van der Waals surface area contributed by atoms with E-state index in [0.29, 0.717) is 18.1 Å². The Morgan fingerprint density at radius 2 is 1.35 bits per heavy atom. The number of rotatable bonds is 1. The van der Waals surface area contributed by atoms with Crippen LogP contribution in [0.1, 0.15) is 26.7 Å². The highest BCUT2D eigenvalue weighted by Gasteiger charge is 2.34. The van der Waals surface area contributed by atoms with Crippen molar-refractivity contribution in [3.05, 3.63) is 30.3 Å². The van der Waals surface area contributed by atoms with E-state index >= 15 is 0 Å². The van der Waals surface area contributed by atoms with Crippen molar-refractivity contribution in [3.8, 4) is 0 Å². The molecule has 1 unspecified atom stereocenters. The highest BCUT2D eigenvalue weighted by Crippen LogP contribution is 2.46. The van der Waals surface area contributed by atoms with E-state index in [9.17, 15) is 14.2 Å². The summed E-state index contributed by atoms with van der Waals surface area (Å²) in [5.41, 5.74) is 0. The van der Waals surface area contributed by atoms with E-state index in [1.54, 1.807) is 12.1 Å². The van der Waals surface area contributed by atoms with Crippen LogP contribution >= 0.6 is 7.14 Å². The number of hydrogen-bond acceptors (Lipinski definition) is 3. The molecule has 3 atom stereocenters. The van der Waals surface area contributed by atoms with Gasteiger partial charge in [0.15, 0.2) is 0 Å². The van der Waals surface area contributed by atoms with Crippen molar-refractivity contribution in [1.82, 2.24) is 0 Å². The fourth-order valence-corrected chi connectivity index (χ4v) is 5.35. The van der Waals surface area contributed by atoms with Crippen molar-refractivity contribution in [3.63, 3.8) is 0 Å². The molecule has 0 saturated carbocycles. The molecule has 1 aliphatic rings. The first kappa shape index (κ1) is 15.2. The van der Waals surface area contributed by atoms with E-state index in [1.807, 2.05) is 32.0 Å². The van der Waals surface area contributed by atoms with Gasteiger partial charge in [-0.15, -0.1) is 0 Å². The van der Waals surface area contributed by atoms with E-state index < -0.39 is 7.14 Å². The molecule has 108 valence electrons. The Labute approximate surface area is 120 Å². The van der Waals surface area contributed by atoms with Gasteiger partial charge >= 0.3 is 0 Å². The molecule has 4 heteroatoms. The zero-order valence-corrected chi connectivity index (χ0v) is 12.9. The summed E-state index contributed by atoms with van der Waals surface area (Å²) in [5.74, 6) is 0.389. The summed E-state index contributed by atoms with van der Waals surface area (Å²) in [4.78, 5) is 24.3. The number of carbonyl (C=O) groups excluding carboxylic acids is 2. The van der Waals surface area contributed by atoms with Gasteiger partial charge in [-0.05, 0) is 11.8 Å². The van der Waals surface area contributed by atoms with Crippen molar-refractivity contribution < 1.29 is 14.2 Å². The third kappa shape index (κ3) is 3.46. The second-order valence-corrected chi connectivity index (χ2v) is 8.91. The van der Waals surface area contributed by atoms with Crippen LogP contribution in [-0.2, 0) is 14.2 Å². The molecule has 0 bridgehead atoms. The topological polar surface area (TPSA) is 51.2 Å². The summed E-state index contributed by atoms with van der Waals surface area (Å²) in [6.07, 6.45) is 0.899. The van der Waals surface area contributed by atoms with E-state index in [4.69, 9.17) is 0 Å². The summed E-state index contributed by atoms with van der Waals surface area (Å²) in [6.45, 7) is 3.99. The molecule has 0 radical (unpaired) electrons. The molecule has 1 heterocycles. The Hall–Kier alpha value is -1.21. The first-order chi connectivity index (χ1) is 9.40. The Morgan fingerprint density at radius 3 is 1.80 bits per heavy atom. The molecule has 0 aliphatic carbocycles. The lowest BCUT2D eigenvalue weighted by atomic mass is 9.88. The molecule has 1 aromatic rings. The highest BCUT2D eigenvalue weighted by atomic mass is 31.2. The molecule has 20 heavy (non-hydrogen) atoms. The minimum Gasteiger partial charge on any atom is -0.318 e. The van der Waals surface area contributed by atoms with Crippen LogP contribution < -0.4 is 5.30 Å². The van der Waals surface area contributed by atoms with Gasteiger partial charge in [-0.1, -0.05) is 44.2 Å². The number of benzene rings is 1. The number of Topliss-reactive ketones (excluding diaryl/α,β-unsaturated/α-hetero) is 2. The van der Waals surface area contributed by atoms with Crippen LogP contribution in [0.15, 0.2) is 30.3 Å². The second kappa shape index (κ2) is 6.05. The van der Waals surface area contributed by atoms with E-state index in [2.05, 4.69) is 0 Å². The fraction of sp³-hybridized carbons (Fsp3) is 0.500. The molecule has 0 amide bonds. The fourth-order valence-electron chi connectivity index (χ4n) is 2.76. The van der Waals surface area contributed by atoms with Gasteiger partial charge in [0.25, 0.3) is 0 Å². The summed E-state index contributed by atoms with van der Waals surface area (Å²) in [7, 11) is -2.93. The summed E-state index contributed by atoms with van der Waals surface area (Å²) in [5, 5.41) is 0.656. The average molecular weight is 292 g/mol. The van der Waals surface area contributed by atoms with Gasteiger partial charge in [0.1, 0.15) is 18.7 Å². The van der Waals surface area contributed by atoms with Crippen LogP contribution in [-0.4, -0.2) is 23.9 Å². The zero-order valence-electron chi connectivity index (χ0n) is 12.0. The van der Waals surface area contributed by atoms with Gasteiger partial charge in [0.05, 0.1) is 12.3 Å². The largest absolute Gasteiger partial charge is 0.318 e. The number of ketones is 2. The molecule has 0 spiro atoms. The maximum absolute atomic E-state index is 13.2. The quantitative estimate of drug-likeness (QED) is 0.748. The third-order valence-electron chi connectivity index (χ3n) is 4.16. The molecular formula is C16H21O3P. The molecular weight excluding hydrogens is 271 g/mol. The van der Waals surface area contributed by atoms with Crippen LogP contribution in [0.3, 0.4) is 0 Å². The molecule has 2 rings (SSSR count). The summed E-state index contributed by atoms with van der Waals surface area (Å²) < 4.78 is 13.2. The molecule has 1 aliphatic heterocycles. The lowest BCUT2D eigenvalue weighted by molar-refractivity contribution is -0.119. The first-order valence-corrected chi connectivity index (χ1v) is 9.15. The smallest absolute Gasteiger partial charge is 0.140 e. The summed E-state index contributed by atoms with van der Waals surface area (Å²) >= 11 is 0. The number of carbonyl (C=O) groups is 2. The van der Waals surface area contributed by atoms with Crippen LogP contribution in [0, 0.1) is 11.8 Å². The molecule has 1 saturated heterocycles. The third-order valence-corrected chi connectivity index (χ3v) is 7.13. The van der Waals surface area contributed by atoms with E-state index in [1.165, 1.54) is 0 Å². The second-order valence-electron chi connectivity index (χ2n) is 5.98. The van der Waals surface area contributed by atoms with Crippen molar-refractivity contribution in [2.75, 3.05) is 12.3 Å². The molecule has 3 nitrogen and oxygen atoms in total. The van der Waals surface area contributed by atoms with Crippen LogP contribution in [0.25, 0.3) is 0 Å².